The van der Waals surface area contributed by atoms with Crippen LogP contribution in [0.25, 0.3) is 0 Å². The molecule has 1 heterocycles. The van der Waals surface area contributed by atoms with Crippen LogP contribution in [0.1, 0.15) is 39.0 Å². The number of carbonyl (C=O) groups excluding carboxylic acids is 1. The van der Waals surface area contributed by atoms with E-state index in [2.05, 4.69) is 5.32 Å². The van der Waals surface area contributed by atoms with Gasteiger partial charge in [-0.1, -0.05) is 0 Å². The number of hydrogen-bond acceptors (Lipinski definition) is 2. The Balaban J connectivity index is 1.97. The summed E-state index contributed by atoms with van der Waals surface area (Å²) in [6.45, 7) is 4.39. The van der Waals surface area contributed by atoms with E-state index in [9.17, 15) is 13.6 Å². The van der Waals surface area contributed by atoms with E-state index in [1.807, 2.05) is 11.8 Å². The van der Waals surface area contributed by atoms with Crippen molar-refractivity contribution in [2.24, 2.45) is 5.92 Å². The highest BCUT2D eigenvalue weighted by molar-refractivity contribution is 5.79. The molecular weight excluding hydrogens is 238 g/mol. The van der Waals surface area contributed by atoms with Crippen molar-refractivity contribution in [3.05, 3.63) is 0 Å². The molecule has 0 aromatic carbocycles. The molecule has 1 aliphatic carbocycles. The maximum absolute atomic E-state index is 13.2. The van der Waals surface area contributed by atoms with E-state index in [0.717, 1.165) is 25.9 Å². The first kappa shape index (κ1) is 13.7. The summed E-state index contributed by atoms with van der Waals surface area (Å²) in [5.74, 6) is -3.15. The number of nitrogens with zero attached hydrogens (tertiary/aromatic N) is 1. The van der Waals surface area contributed by atoms with Gasteiger partial charge in [0.2, 0.25) is 11.8 Å². The van der Waals surface area contributed by atoms with Gasteiger partial charge >= 0.3 is 0 Å². The number of piperidine rings is 1. The number of amides is 1. The molecule has 0 bridgehead atoms. The van der Waals surface area contributed by atoms with Crippen LogP contribution in [-0.2, 0) is 4.79 Å². The Morgan fingerprint density at radius 3 is 2.50 bits per heavy atom. The largest absolute Gasteiger partial charge is 0.340 e. The van der Waals surface area contributed by atoms with Gasteiger partial charge in [-0.15, -0.1) is 0 Å². The second-order valence-corrected chi connectivity index (χ2v) is 5.40. The lowest BCUT2D eigenvalue weighted by atomic mass is 10.0. The fraction of sp³-hybridized carbons (Fsp3) is 0.923. The van der Waals surface area contributed by atoms with Crippen LogP contribution in [0.15, 0.2) is 0 Å². The minimum Gasteiger partial charge on any atom is -0.340 e. The van der Waals surface area contributed by atoms with Gasteiger partial charge in [-0.25, -0.2) is 8.78 Å². The normalized spacial score (nSPS) is 28.3. The number of halogens is 2. The van der Waals surface area contributed by atoms with Gasteiger partial charge in [0.15, 0.2) is 0 Å². The third-order valence-electron chi connectivity index (χ3n) is 4.13. The van der Waals surface area contributed by atoms with Gasteiger partial charge in [0.05, 0.1) is 0 Å². The van der Waals surface area contributed by atoms with Crippen LogP contribution in [0.4, 0.5) is 8.78 Å². The van der Waals surface area contributed by atoms with Gasteiger partial charge in [0, 0.05) is 31.3 Å². The predicted octanol–water partition coefficient (Wildman–Crippen LogP) is 2.02. The molecule has 0 aromatic rings. The first-order chi connectivity index (χ1) is 8.53. The zero-order valence-electron chi connectivity index (χ0n) is 10.9. The molecule has 0 radical (unpaired) electrons. The third-order valence-corrected chi connectivity index (χ3v) is 4.13. The molecule has 1 atom stereocenters. The van der Waals surface area contributed by atoms with E-state index in [4.69, 9.17) is 0 Å². The van der Waals surface area contributed by atoms with Crippen LogP contribution in [-0.4, -0.2) is 42.4 Å². The Bertz CT molecular complexity index is 303. The maximum Gasteiger partial charge on any atom is 0.248 e. The van der Waals surface area contributed by atoms with Crippen molar-refractivity contribution < 1.29 is 13.6 Å². The van der Waals surface area contributed by atoms with Crippen LogP contribution in [0.2, 0.25) is 0 Å². The van der Waals surface area contributed by atoms with Crippen molar-refractivity contribution in [2.75, 3.05) is 19.6 Å². The fourth-order valence-electron chi connectivity index (χ4n) is 3.11. The van der Waals surface area contributed by atoms with Crippen molar-refractivity contribution >= 4 is 5.91 Å². The van der Waals surface area contributed by atoms with Gasteiger partial charge in [0.1, 0.15) is 0 Å². The molecule has 1 saturated heterocycles. The average molecular weight is 260 g/mol. The van der Waals surface area contributed by atoms with E-state index < -0.39 is 11.8 Å². The zero-order valence-corrected chi connectivity index (χ0v) is 10.9. The second kappa shape index (κ2) is 5.51. The Morgan fingerprint density at radius 1 is 1.33 bits per heavy atom. The fourth-order valence-corrected chi connectivity index (χ4v) is 3.11. The lowest BCUT2D eigenvalue weighted by Gasteiger charge is -2.35. The molecule has 0 spiro atoms. The topological polar surface area (TPSA) is 32.3 Å². The molecule has 1 unspecified atom stereocenters. The highest BCUT2D eigenvalue weighted by Gasteiger charge is 2.44. The standard InChI is InChI=1S/C13H22F2N2O/c1-2-17(11-4-7-16-8-5-11)12(18)10-3-6-13(14,15)9-10/h10-11,16H,2-9H2,1H3. The molecule has 1 aliphatic heterocycles. The summed E-state index contributed by atoms with van der Waals surface area (Å²) in [6.07, 6.45) is 1.82. The molecule has 104 valence electrons. The van der Waals surface area contributed by atoms with Gasteiger partial charge < -0.3 is 10.2 Å². The van der Waals surface area contributed by atoms with Gasteiger partial charge in [-0.3, -0.25) is 4.79 Å². The maximum atomic E-state index is 13.2. The third kappa shape index (κ3) is 2.99. The Kier molecular flexibility index (Phi) is 4.20. The SMILES string of the molecule is CCN(C(=O)C1CCC(F)(F)C1)C1CCNCC1. The summed E-state index contributed by atoms with van der Waals surface area (Å²) in [4.78, 5) is 14.2. The molecule has 18 heavy (non-hydrogen) atoms. The minimum absolute atomic E-state index is 0.0541. The highest BCUT2D eigenvalue weighted by atomic mass is 19.3. The van der Waals surface area contributed by atoms with E-state index in [0.29, 0.717) is 13.0 Å². The number of nitrogens with one attached hydrogen (secondary N) is 1. The molecule has 0 aromatic heterocycles. The minimum atomic E-state index is -2.63. The number of carbonyl (C=O) groups is 1. The molecule has 1 amide bonds. The Hall–Kier alpha value is -0.710. The number of alkyl halides is 2. The van der Waals surface area contributed by atoms with Crippen LogP contribution in [0.3, 0.4) is 0 Å². The summed E-state index contributed by atoms with van der Waals surface area (Å²) >= 11 is 0. The molecule has 2 aliphatic rings. The number of hydrogen-bond donors (Lipinski definition) is 1. The van der Waals surface area contributed by atoms with Crippen LogP contribution < -0.4 is 5.32 Å². The second-order valence-electron chi connectivity index (χ2n) is 5.40. The van der Waals surface area contributed by atoms with Gasteiger partial charge in [-0.2, -0.15) is 0 Å². The van der Waals surface area contributed by atoms with Crippen molar-refractivity contribution in [3.63, 3.8) is 0 Å². The average Bonchev–Trinajstić information content (AvgIpc) is 2.72. The first-order valence-electron chi connectivity index (χ1n) is 6.92. The number of rotatable bonds is 3. The molecule has 1 N–H and O–H groups in total. The molecule has 2 rings (SSSR count). The quantitative estimate of drug-likeness (QED) is 0.842. The predicted molar refractivity (Wildman–Crippen MR) is 65.6 cm³/mol. The summed E-state index contributed by atoms with van der Waals surface area (Å²) in [5.41, 5.74) is 0. The van der Waals surface area contributed by atoms with Crippen LogP contribution >= 0.6 is 0 Å². The molecule has 1 saturated carbocycles. The molecule has 2 fully saturated rings. The first-order valence-corrected chi connectivity index (χ1v) is 6.92. The van der Waals surface area contributed by atoms with Crippen molar-refractivity contribution in [2.45, 2.75) is 51.0 Å². The smallest absolute Gasteiger partial charge is 0.248 e. The van der Waals surface area contributed by atoms with E-state index in [-0.39, 0.29) is 24.8 Å². The molecule has 5 heteroatoms. The van der Waals surface area contributed by atoms with E-state index in [1.165, 1.54) is 0 Å². The van der Waals surface area contributed by atoms with Crippen molar-refractivity contribution in [3.8, 4) is 0 Å². The summed E-state index contributed by atoms with van der Waals surface area (Å²) < 4.78 is 26.4. The highest BCUT2D eigenvalue weighted by Crippen LogP contribution is 2.40. The van der Waals surface area contributed by atoms with Crippen molar-refractivity contribution in [1.29, 1.82) is 0 Å². The van der Waals surface area contributed by atoms with Crippen LogP contribution in [0, 0.1) is 5.92 Å². The van der Waals surface area contributed by atoms with Gasteiger partial charge in [0.25, 0.3) is 0 Å². The summed E-state index contributed by atoms with van der Waals surface area (Å²) in [6, 6.07) is 0.234. The zero-order chi connectivity index (χ0) is 13.2. The Labute approximate surface area is 107 Å². The van der Waals surface area contributed by atoms with Gasteiger partial charge in [-0.05, 0) is 39.3 Å². The lowest BCUT2D eigenvalue weighted by molar-refractivity contribution is -0.139. The van der Waals surface area contributed by atoms with E-state index in [1.54, 1.807) is 0 Å². The summed E-state index contributed by atoms with van der Waals surface area (Å²) in [7, 11) is 0. The summed E-state index contributed by atoms with van der Waals surface area (Å²) in [5, 5.41) is 3.26. The lowest BCUT2D eigenvalue weighted by Crippen LogP contribution is -2.47. The van der Waals surface area contributed by atoms with E-state index >= 15 is 0 Å². The molecular formula is C13H22F2N2O. The monoisotopic (exact) mass is 260 g/mol. The molecule has 3 nitrogen and oxygen atoms in total. The van der Waals surface area contributed by atoms with Crippen LogP contribution in [0.5, 0.6) is 0 Å². The van der Waals surface area contributed by atoms with Crippen molar-refractivity contribution in [1.82, 2.24) is 10.2 Å². The Morgan fingerprint density at radius 2 is 2.00 bits per heavy atom.